The summed E-state index contributed by atoms with van der Waals surface area (Å²) in [5.74, 6) is 0.611. The number of hydrogen-bond donors (Lipinski definition) is 1. The molecule has 0 unspecified atom stereocenters. The van der Waals surface area contributed by atoms with Crippen LogP contribution in [0.1, 0.15) is 32.2 Å². The number of nitrogens with one attached hydrogen (secondary N) is 1. The average molecular weight is 469 g/mol. The highest BCUT2D eigenvalue weighted by Gasteiger charge is 2.35. The molecule has 1 aromatic carbocycles. The lowest BCUT2D eigenvalue weighted by Gasteiger charge is -2.22. The Morgan fingerprint density at radius 1 is 1.23 bits per heavy atom. The molecule has 2 heterocycles. The van der Waals surface area contributed by atoms with Gasteiger partial charge in [0, 0.05) is 30.6 Å². The topological polar surface area (TPSA) is 67.4 Å². The van der Waals surface area contributed by atoms with Crippen molar-refractivity contribution in [2.75, 3.05) is 31.7 Å². The van der Waals surface area contributed by atoms with Gasteiger partial charge in [0.05, 0.1) is 40.9 Å². The first-order chi connectivity index (χ1) is 14.9. The van der Waals surface area contributed by atoms with Gasteiger partial charge in [0.25, 0.3) is 0 Å². The number of benzene rings is 1. The molecule has 3 rings (SSSR count). The van der Waals surface area contributed by atoms with Gasteiger partial charge in [-0.3, -0.25) is 4.79 Å². The predicted octanol–water partition coefficient (Wildman–Crippen LogP) is 4.57. The van der Waals surface area contributed by atoms with Gasteiger partial charge in [-0.15, -0.1) is 0 Å². The van der Waals surface area contributed by atoms with Gasteiger partial charge in [0.1, 0.15) is 12.5 Å². The summed E-state index contributed by atoms with van der Waals surface area (Å²) in [7, 11) is 0. The number of amides is 1. The van der Waals surface area contributed by atoms with E-state index in [4.69, 9.17) is 37.9 Å². The lowest BCUT2D eigenvalue weighted by atomic mass is 10.1. The maximum atomic E-state index is 12.7. The van der Waals surface area contributed by atoms with E-state index in [1.54, 1.807) is 17.0 Å². The molecule has 1 aliphatic heterocycles. The average Bonchev–Trinajstić information content (AvgIpc) is 3.15. The molecule has 2 atom stereocenters. The van der Waals surface area contributed by atoms with Crippen molar-refractivity contribution in [1.82, 2.24) is 14.9 Å². The minimum Gasteiger partial charge on any atom is -0.371 e. The Balaban J connectivity index is 1.94. The fourth-order valence-electron chi connectivity index (χ4n) is 3.72. The highest BCUT2D eigenvalue weighted by molar-refractivity contribution is 6.36. The van der Waals surface area contributed by atoms with Gasteiger partial charge >= 0.3 is 0 Å². The summed E-state index contributed by atoms with van der Waals surface area (Å²) in [6, 6.07) is 5.12. The number of likely N-dealkylation sites (tertiary alicyclic amines) is 1. The maximum absolute atomic E-state index is 12.7. The smallest absolute Gasteiger partial charge is 0.219 e. The Morgan fingerprint density at radius 3 is 2.58 bits per heavy atom. The first-order valence-corrected chi connectivity index (χ1v) is 11.2. The lowest BCUT2D eigenvalue weighted by Crippen LogP contribution is -2.35. The van der Waals surface area contributed by atoms with Crippen molar-refractivity contribution < 1.29 is 13.9 Å². The number of aryl methyl sites for hydroxylation is 2. The SMILES string of the molecule is CCc1nc(-c2ccc(Cl)cc2Cl)c(CC)nc1N[C@@H]1CN(C(C)=O)C[C@@H]1OCCF. The van der Waals surface area contributed by atoms with Crippen LogP contribution in [0.15, 0.2) is 18.2 Å². The number of nitrogens with zero attached hydrogens (tertiary/aromatic N) is 3. The van der Waals surface area contributed by atoms with Gasteiger partial charge in [-0.25, -0.2) is 14.4 Å². The van der Waals surface area contributed by atoms with Crippen LogP contribution in [-0.2, 0) is 22.4 Å². The second-order valence-electron chi connectivity index (χ2n) is 7.42. The van der Waals surface area contributed by atoms with E-state index in [0.29, 0.717) is 41.8 Å². The van der Waals surface area contributed by atoms with E-state index < -0.39 is 6.67 Å². The largest absolute Gasteiger partial charge is 0.371 e. The minimum absolute atomic E-state index is 0.00484. The molecule has 1 aromatic heterocycles. The van der Waals surface area contributed by atoms with E-state index >= 15 is 0 Å². The van der Waals surface area contributed by atoms with Crippen molar-refractivity contribution in [1.29, 1.82) is 0 Å². The van der Waals surface area contributed by atoms with Crippen molar-refractivity contribution in [3.05, 3.63) is 39.6 Å². The Morgan fingerprint density at radius 2 is 1.97 bits per heavy atom. The third-order valence-corrected chi connectivity index (χ3v) is 5.89. The van der Waals surface area contributed by atoms with Crippen LogP contribution in [-0.4, -0.2) is 59.3 Å². The maximum Gasteiger partial charge on any atom is 0.219 e. The second-order valence-corrected chi connectivity index (χ2v) is 8.26. The molecule has 0 saturated carbocycles. The van der Waals surface area contributed by atoms with Crippen LogP contribution in [0.4, 0.5) is 10.2 Å². The number of alkyl halides is 1. The third kappa shape index (κ3) is 5.45. The monoisotopic (exact) mass is 468 g/mol. The number of aromatic nitrogens is 2. The van der Waals surface area contributed by atoms with Gasteiger partial charge in [0.2, 0.25) is 5.91 Å². The van der Waals surface area contributed by atoms with E-state index in [0.717, 1.165) is 22.6 Å². The summed E-state index contributed by atoms with van der Waals surface area (Å²) in [5.41, 5.74) is 3.09. The number of anilines is 1. The molecule has 1 fully saturated rings. The van der Waals surface area contributed by atoms with Crippen LogP contribution in [0, 0.1) is 0 Å². The zero-order valence-corrected chi connectivity index (χ0v) is 19.4. The van der Waals surface area contributed by atoms with Crippen molar-refractivity contribution >= 4 is 34.9 Å². The quantitative estimate of drug-likeness (QED) is 0.614. The summed E-state index contributed by atoms with van der Waals surface area (Å²) >= 11 is 12.5. The number of carbonyl (C=O) groups excluding carboxylic acids is 1. The summed E-state index contributed by atoms with van der Waals surface area (Å²) < 4.78 is 18.3. The predicted molar refractivity (Wildman–Crippen MR) is 122 cm³/mol. The second kappa shape index (κ2) is 10.6. The molecular formula is C22H27Cl2FN4O2. The molecule has 1 aliphatic rings. The highest BCUT2D eigenvalue weighted by atomic mass is 35.5. The standard InChI is InChI=1S/C22H27Cl2FN4O2/c1-4-17-21(15-7-6-14(23)10-16(15)24)26-18(5-2)22(27-17)28-19-11-29(13(3)30)12-20(19)31-9-8-25/h6-7,10,19-20H,4-5,8-9,11-12H2,1-3H3,(H,27,28)/t19-,20+/m1/s1. The van der Waals surface area contributed by atoms with Crippen LogP contribution in [0.25, 0.3) is 11.3 Å². The van der Waals surface area contributed by atoms with Crippen molar-refractivity contribution in [3.63, 3.8) is 0 Å². The fourth-order valence-corrected chi connectivity index (χ4v) is 4.22. The Labute approximate surface area is 192 Å². The molecule has 168 valence electrons. The molecule has 0 aliphatic carbocycles. The van der Waals surface area contributed by atoms with Crippen LogP contribution in [0.5, 0.6) is 0 Å². The number of halogens is 3. The zero-order chi connectivity index (χ0) is 22.5. The molecule has 2 aromatic rings. The van der Waals surface area contributed by atoms with Gasteiger partial charge in [-0.1, -0.05) is 37.0 Å². The molecule has 0 bridgehead atoms. The van der Waals surface area contributed by atoms with Crippen LogP contribution in [0.2, 0.25) is 10.0 Å². The van der Waals surface area contributed by atoms with Gasteiger partial charge in [0.15, 0.2) is 0 Å². The van der Waals surface area contributed by atoms with Crippen LogP contribution in [0.3, 0.4) is 0 Å². The summed E-state index contributed by atoms with van der Waals surface area (Å²) in [6.45, 7) is 5.83. The summed E-state index contributed by atoms with van der Waals surface area (Å²) in [6.07, 6.45) is 0.990. The van der Waals surface area contributed by atoms with Gasteiger partial charge < -0.3 is 15.0 Å². The van der Waals surface area contributed by atoms with E-state index in [-0.39, 0.29) is 24.7 Å². The van der Waals surface area contributed by atoms with E-state index in [9.17, 15) is 9.18 Å². The van der Waals surface area contributed by atoms with Crippen molar-refractivity contribution in [3.8, 4) is 11.3 Å². The molecule has 9 heteroatoms. The number of rotatable bonds is 8. The third-order valence-electron chi connectivity index (χ3n) is 5.34. The van der Waals surface area contributed by atoms with E-state index in [2.05, 4.69) is 5.32 Å². The van der Waals surface area contributed by atoms with Crippen molar-refractivity contribution in [2.24, 2.45) is 0 Å². The van der Waals surface area contributed by atoms with Crippen molar-refractivity contribution in [2.45, 2.75) is 45.8 Å². The highest BCUT2D eigenvalue weighted by Crippen LogP contribution is 2.33. The van der Waals surface area contributed by atoms with Gasteiger partial charge in [-0.05, 0) is 31.0 Å². The van der Waals surface area contributed by atoms with E-state index in [1.807, 2.05) is 19.9 Å². The summed E-state index contributed by atoms with van der Waals surface area (Å²) in [4.78, 5) is 23.3. The van der Waals surface area contributed by atoms with Crippen LogP contribution < -0.4 is 5.32 Å². The molecule has 31 heavy (non-hydrogen) atoms. The minimum atomic E-state index is -0.570. The fraction of sp³-hybridized carbons (Fsp3) is 0.500. The van der Waals surface area contributed by atoms with Gasteiger partial charge in [-0.2, -0.15) is 0 Å². The Bertz CT molecular complexity index is 944. The zero-order valence-electron chi connectivity index (χ0n) is 17.9. The lowest BCUT2D eigenvalue weighted by molar-refractivity contribution is -0.128. The molecule has 1 amide bonds. The first kappa shape index (κ1) is 23.7. The molecular weight excluding hydrogens is 442 g/mol. The molecule has 6 nitrogen and oxygen atoms in total. The first-order valence-electron chi connectivity index (χ1n) is 10.4. The molecule has 0 spiro atoms. The molecule has 0 radical (unpaired) electrons. The number of carbonyl (C=O) groups is 1. The number of ether oxygens (including phenoxy) is 1. The summed E-state index contributed by atoms with van der Waals surface area (Å²) in [5, 5.41) is 4.49. The molecule has 1 N–H and O–H groups in total. The Kier molecular flexibility index (Phi) is 8.08. The molecule has 1 saturated heterocycles. The van der Waals surface area contributed by atoms with Crippen LogP contribution >= 0.6 is 23.2 Å². The van der Waals surface area contributed by atoms with E-state index in [1.165, 1.54) is 6.92 Å². The Hall–Kier alpha value is -1.96. The number of hydrogen-bond acceptors (Lipinski definition) is 5. The normalized spacial score (nSPS) is 18.5.